The van der Waals surface area contributed by atoms with Crippen molar-refractivity contribution in [2.75, 3.05) is 9.62 Å². The largest absolute Gasteiger partial charge is 0.350 e. The normalized spacial score (nSPS) is 16.3. The number of hydrogen-bond donors (Lipinski definition) is 2. The van der Waals surface area contributed by atoms with E-state index in [2.05, 4.69) is 10.6 Å². The smallest absolute Gasteiger partial charge is 0.265 e. The van der Waals surface area contributed by atoms with Gasteiger partial charge in [-0.3, -0.25) is 13.9 Å². The summed E-state index contributed by atoms with van der Waals surface area (Å²) >= 11 is 6.20. The highest BCUT2D eigenvalue weighted by Gasteiger charge is 2.42. The number of carbonyl (C=O) groups is 2. The van der Waals surface area contributed by atoms with Crippen molar-refractivity contribution in [3.8, 4) is 0 Å². The number of anilines is 2. The Balaban J connectivity index is 1.72. The van der Waals surface area contributed by atoms with Crippen molar-refractivity contribution in [2.24, 2.45) is 0 Å². The highest BCUT2D eigenvalue weighted by Crippen LogP contribution is 2.38. The molecule has 4 rings (SSSR count). The topological polar surface area (TPSA) is 95.6 Å². The molecule has 0 radical (unpaired) electrons. The zero-order chi connectivity index (χ0) is 25.3. The molecule has 3 aromatic carbocycles. The molecule has 2 atom stereocenters. The van der Waals surface area contributed by atoms with Crippen LogP contribution in [0.5, 0.6) is 0 Å². The number of carbonyl (C=O) groups excluding carboxylic acids is 2. The van der Waals surface area contributed by atoms with E-state index < -0.39 is 27.9 Å². The molecule has 182 valence electrons. The second-order valence-corrected chi connectivity index (χ2v) is 10.8. The van der Waals surface area contributed by atoms with E-state index in [0.29, 0.717) is 27.5 Å². The Morgan fingerprint density at radius 2 is 1.71 bits per heavy atom. The molecule has 0 spiro atoms. The highest BCUT2D eigenvalue weighted by molar-refractivity contribution is 7.93. The Kier molecular flexibility index (Phi) is 6.87. The van der Waals surface area contributed by atoms with Gasteiger partial charge in [0.15, 0.2) is 0 Å². The number of benzene rings is 3. The third-order valence-electron chi connectivity index (χ3n) is 6.03. The van der Waals surface area contributed by atoms with Crippen LogP contribution < -0.4 is 14.9 Å². The lowest BCUT2D eigenvalue weighted by Crippen LogP contribution is -2.53. The molecular weight excluding hydrogens is 486 g/mol. The second kappa shape index (κ2) is 9.71. The van der Waals surface area contributed by atoms with Crippen LogP contribution in [-0.2, 0) is 19.6 Å². The average Bonchev–Trinajstić information content (AvgIpc) is 2.82. The second-order valence-electron chi connectivity index (χ2n) is 8.59. The van der Waals surface area contributed by atoms with Crippen molar-refractivity contribution in [1.82, 2.24) is 5.32 Å². The number of aryl methyl sites for hydroxylation is 2. The Morgan fingerprint density at radius 1 is 1.06 bits per heavy atom. The standard InChI is InChI=1S/C26H26ClN3O4S/c1-16-14-24(17(2)13-20(16)27)35(33,34)30-22-12-8-7-11-21(22)29-26(32)23(30)15-25(31)28-18(3)19-9-5-4-6-10-19/h4-14,18,23H,15H2,1-3H3,(H,28,31)(H,29,32)/t18-,23-/m1/s1. The number of nitrogens with zero attached hydrogens (tertiary/aromatic N) is 1. The van der Waals surface area contributed by atoms with Gasteiger partial charge in [0.1, 0.15) is 6.04 Å². The molecule has 0 unspecified atom stereocenters. The van der Waals surface area contributed by atoms with Gasteiger partial charge in [-0.15, -0.1) is 0 Å². The van der Waals surface area contributed by atoms with Crippen LogP contribution in [0.1, 0.15) is 36.1 Å². The van der Waals surface area contributed by atoms with E-state index in [1.165, 1.54) is 6.07 Å². The van der Waals surface area contributed by atoms with Crippen LogP contribution in [0.2, 0.25) is 5.02 Å². The summed E-state index contributed by atoms with van der Waals surface area (Å²) in [4.78, 5) is 26.2. The Hall–Kier alpha value is -3.36. The molecule has 7 nitrogen and oxygen atoms in total. The summed E-state index contributed by atoms with van der Waals surface area (Å²) in [5, 5.41) is 6.06. The fourth-order valence-electron chi connectivity index (χ4n) is 4.17. The molecule has 3 aromatic rings. The summed E-state index contributed by atoms with van der Waals surface area (Å²) in [6.45, 7) is 5.20. The van der Waals surface area contributed by atoms with Crippen LogP contribution in [0.4, 0.5) is 11.4 Å². The van der Waals surface area contributed by atoms with Crippen molar-refractivity contribution in [2.45, 2.75) is 44.2 Å². The lowest BCUT2D eigenvalue weighted by molar-refractivity contribution is -0.125. The van der Waals surface area contributed by atoms with E-state index in [0.717, 1.165) is 9.87 Å². The van der Waals surface area contributed by atoms with Crippen molar-refractivity contribution < 1.29 is 18.0 Å². The molecule has 1 heterocycles. The van der Waals surface area contributed by atoms with Gasteiger partial charge in [-0.2, -0.15) is 0 Å². The molecule has 0 aromatic heterocycles. The fraction of sp³-hybridized carbons (Fsp3) is 0.231. The molecule has 1 aliphatic rings. The van der Waals surface area contributed by atoms with Gasteiger partial charge in [0.2, 0.25) is 11.8 Å². The maximum Gasteiger partial charge on any atom is 0.265 e. The number of rotatable bonds is 6. The number of hydrogen-bond acceptors (Lipinski definition) is 4. The Bertz CT molecular complexity index is 1390. The first-order chi connectivity index (χ1) is 16.6. The molecule has 9 heteroatoms. The third kappa shape index (κ3) is 4.90. The summed E-state index contributed by atoms with van der Waals surface area (Å²) in [6.07, 6.45) is -0.345. The van der Waals surface area contributed by atoms with Gasteiger partial charge < -0.3 is 10.6 Å². The number of halogens is 1. The molecule has 0 aliphatic carbocycles. The van der Waals surface area contributed by atoms with Gasteiger partial charge in [-0.25, -0.2) is 8.42 Å². The lowest BCUT2D eigenvalue weighted by atomic mass is 10.1. The zero-order valence-electron chi connectivity index (χ0n) is 19.6. The molecule has 35 heavy (non-hydrogen) atoms. The van der Waals surface area contributed by atoms with E-state index in [1.54, 1.807) is 44.2 Å². The predicted octanol–water partition coefficient (Wildman–Crippen LogP) is 4.74. The fourth-order valence-corrected chi connectivity index (χ4v) is 6.32. The molecule has 2 N–H and O–H groups in total. The summed E-state index contributed by atoms with van der Waals surface area (Å²) in [7, 11) is -4.22. The molecule has 1 aliphatic heterocycles. The van der Waals surface area contributed by atoms with Gasteiger partial charge in [0.25, 0.3) is 10.0 Å². The number of nitrogens with one attached hydrogen (secondary N) is 2. The van der Waals surface area contributed by atoms with Gasteiger partial charge >= 0.3 is 0 Å². The summed E-state index contributed by atoms with van der Waals surface area (Å²) in [5.74, 6) is -1.01. The monoisotopic (exact) mass is 511 g/mol. The predicted molar refractivity (Wildman–Crippen MR) is 137 cm³/mol. The SMILES string of the molecule is Cc1cc(S(=O)(=O)N2c3ccccc3NC(=O)[C@H]2CC(=O)N[C@H](C)c2ccccc2)c(C)cc1Cl. The van der Waals surface area contributed by atoms with Crippen molar-refractivity contribution in [1.29, 1.82) is 0 Å². The van der Waals surface area contributed by atoms with Gasteiger partial charge in [-0.1, -0.05) is 54.1 Å². The van der Waals surface area contributed by atoms with Crippen LogP contribution in [0.25, 0.3) is 0 Å². The number of fused-ring (bicyclic) bond motifs is 1. The quantitative estimate of drug-likeness (QED) is 0.499. The zero-order valence-corrected chi connectivity index (χ0v) is 21.2. The van der Waals surface area contributed by atoms with Gasteiger partial charge in [0.05, 0.1) is 28.7 Å². The van der Waals surface area contributed by atoms with Crippen molar-refractivity contribution in [3.05, 3.63) is 88.4 Å². The van der Waals surface area contributed by atoms with Crippen molar-refractivity contribution >= 4 is 44.8 Å². The van der Waals surface area contributed by atoms with Crippen molar-refractivity contribution in [3.63, 3.8) is 0 Å². The summed E-state index contributed by atoms with van der Waals surface area (Å²) in [5.41, 5.74) is 2.60. The Morgan fingerprint density at radius 3 is 2.43 bits per heavy atom. The van der Waals surface area contributed by atoms with E-state index in [1.807, 2.05) is 37.3 Å². The first kappa shape index (κ1) is 24.8. The average molecular weight is 512 g/mol. The Labute approximate surface area is 210 Å². The summed E-state index contributed by atoms with van der Waals surface area (Å²) < 4.78 is 29.0. The van der Waals surface area contributed by atoms with Crippen LogP contribution >= 0.6 is 11.6 Å². The van der Waals surface area contributed by atoms with Crippen LogP contribution in [0, 0.1) is 13.8 Å². The molecule has 2 amide bonds. The number of para-hydroxylation sites is 2. The molecular formula is C26H26ClN3O4S. The summed E-state index contributed by atoms with van der Waals surface area (Å²) in [6, 6.07) is 17.5. The minimum atomic E-state index is -4.22. The minimum Gasteiger partial charge on any atom is -0.350 e. The first-order valence-electron chi connectivity index (χ1n) is 11.1. The molecule has 0 saturated heterocycles. The van der Waals surface area contributed by atoms with E-state index in [-0.39, 0.29) is 17.4 Å². The van der Waals surface area contributed by atoms with Crippen LogP contribution in [0.15, 0.2) is 71.6 Å². The number of sulfonamides is 1. The first-order valence-corrected chi connectivity index (χ1v) is 13.0. The highest BCUT2D eigenvalue weighted by atomic mass is 35.5. The molecule has 0 bridgehead atoms. The third-order valence-corrected chi connectivity index (χ3v) is 8.41. The number of amides is 2. The van der Waals surface area contributed by atoms with Crippen LogP contribution in [0.3, 0.4) is 0 Å². The molecule has 0 saturated carbocycles. The minimum absolute atomic E-state index is 0.0342. The van der Waals surface area contributed by atoms with Gasteiger partial charge in [-0.05, 0) is 61.7 Å². The molecule has 0 fully saturated rings. The van der Waals surface area contributed by atoms with Crippen LogP contribution in [-0.4, -0.2) is 26.3 Å². The maximum atomic E-state index is 14.0. The maximum absolute atomic E-state index is 14.0. The van der Waals surface area contributed by atoms with E-state index in [9.17, 15) is 18.0 Å². The van der Waals surface area contributed by atoms with E-state index in [4.69, 9.17) is 11.6 Å². The lowest BCUT2D eigenvalue weighted by Gasteiger charge is -2.37. The van der Waals surface area contributed by atoms with E-state index >= 15 is 0 Å². The van der Waals surface area contributed by atoms with Gasteiger partial charge in [0, 0.05) is 5.02 Å².